The van der Waals surface area contributed by atoms with Gasteiger partial charge in [-0.1, -0.05) is 36.2 Å². The lowest BCUT2D eigenvalue weighted by Gasteiger charge is -2.19. The third kappa shape index (κ3) is 2.13. The monoisotopic (exact) mass is 229 g/mol. The summed E-state index contributed by atoms with van der Waals surface area (Å²) in [4.78, 5) is 0. The third-order valence-corrected chi connectivity index (χ3v) is 4.53. The van der Waals surface area contributed by atoms with Gasteiger partial charge in [-0.2, -0.15) is 0 Å². The molecule has 92 valence electrons. The van der Waals surface area contributed by atoms with Gasteiger partial charge in [0.15, 0.2) is 0 Å². The van der Waals surface area contributed by atoms with Crippen LogP contribution in [0.1, 0.15) is 42.9 Å². The van der Waals surface area contributed by atoms with E-state index in [0.29, 0.717) is 5.41 Å². The average molecular weight is 229 g/mol. The zero-order valence-electron chi connectivity index (χ0n) is 11.2. The van der Waals surface area contributed by atoms with Gasteiger partial charge < -0.3 is 5.32 Å². The van der Waals surface area contributed by atoms with Crippen LogP contribution in [0.5, 0.6) is 0 Å². The zero-order chi connectivity index (χ0) is 12.0. The first-order chi connectivity index (χ1) is 8.10. The van der Waals surface area contributed by atoms with Crippen LogP contribution in [0, 0.1) is 19.8 Å². The van der Waals surface area contributed by atoms with E-state index in [4.69, 9.17) is 0 Å². The molecular weight excluding hydrogens is 206 g/mol. The van der Waals surface area contributed by atoms with Gasteiger partial charge >= 0.3 is 0 Å². The van der Waals surface area contributed by atoms with Crippen LogP contribution in [-0.4, -0.2) is 12.6 Å². The summed E-state index contributed by atoms with van der Waals surface area (Å²) in [7, 11) is 0. The van der Waals surface area contributed by atoms with Crippen molar-refractivity contribution in [2.45, 2.75) is 51.5 Å². The molecule has 1 aromatic carbocycles. The fourth-order valence-corrected chi connectivity index (χ4v) is 3.11. The van der Waals surface area contributed by atoms with Crippen molar-refractivity contribution in [3.63, 3.8) is 0 Å². The molecule has 0 radical (unpaired) electrons. The lowest BCUT2D eigenvalue weighted by Crippen LogP contribution is -2.30. The van der Waals surface area contributed by atoms with E-state index in [0.717, 1.165) is 12.0 Å². The molecule has 2 atom stereocenters. The molecule has 0 bridgehead atoms. The van der Waals surface area contributed by atoms with Gasteiger partial charge in [-0.25, -0.2) is 0 Å². The molecule has 1 N–H and O–H groups in total. The fourth-order valence-electron chi connectivity index (χ4n) is 3.11. The number of benzene rings is 1. The van der Waals surface area contributed by atoms with Crippen LogP contribution in [0.2, 0.25) is 0 Å². The molecule has 17 heavy (non-hydrogen) atoms. The number of hydrogen-bond donors (Lipinski definition) is 1. The van der Waals surface area contributed by atoms with Gasteiger partial charge in [-0.3, -0.25) is 0 Å². The summed E-state index contributed by atoms with van der Waals surface area (Å²) in [6, 6.07) is 7.89. The van der Waals surface area contributed by atoms with Gasteiger partial charge in [-0.05, 0) is 44.6 Å². The Hall–Kier alpha value is -0.820. The second-order valence-electron chi connectivity index (χ2n) is 6.29. The largest absolute Gasteiger partial charge is 0.313 e. The van der Waals surface area contributed by atoms with Crippen molar-refractivity contribution >= 4 is 0 Å². The highest BCUT2D eigenvalue weighted by Gasteiger charge is 2.52. The van der Waals surface area contributed by atoms with Crippen molar-refractivity contribution in [2.24, 2.45) is 5.92 Å². The molecule has 0 saturated heterocycles. The Kier molecular flexibility index (Phi) is 2.55. The smallest absolute Gasteiger partial charge is 0.0107 e. The second kappa shape index (κ2) is 3.84. The highest BCUT2D eigenvalue weighted by atomic mass is 15.0. The van der Waals surface area contributed by atoms with Crippen molar-refractivity contribution in [1.29, 1.82) is 0 Å². The van der Waals surface area contributed by atoms with Crippen molar-refractivity contribution < 1.29 is 0 Å². The van der Waals surface area contributed by atoms with Crippen molar-refractivity contribution in [2.75, 3.05) is 6.54 Å². The van der Waals surface area contributed by atoms with E-state index in [9.17, 15) is 0 Å². The van der Waals surface area contributed by atoms with Crippen LogP contribution in [0.4, 0.5) is 0 Å². The molecule has 1 aromatic rings. The van der Waals surface area contributed by atoms with Gasteiger partial charge in [-0.15, -0.1) is 0 Å². The van der Waals surface area contributed by atoms with Gasteiger partial charge in [0.2, 0.25) is 0 Å². The lowest BCUT2D eigenvalue weighted by atomic mass is 9.90. The van der Waals surface area contributed by atoms with E-state index in [1.165, 1.54) is 36.9 Å². The topological polar surface area (TPSA) is 12.0 Å². The van der Waals surface area contributed by atoms with Crippen molar-refractivity contribution in [3.05, 3.63) is 34.9 Å². The molecule has 2 aliphatic carbocycles. The Morgan fingerprint density at radius 2 is 1.76 bits per heavy atom. The highest BCUT2D eigenvalue weighted by Crippen LogP contribution is 2.54. The Balaban J connectivity index is 1.83. The van der Waals surface area contributed by atoms with Crippen LogP contribution in [0.3, 0.4) is 0 Å². The Labute approximate surface area is 105 Å². The van der Waals surface area contributed by atoms with Crippen LogP contribution >= 0.6 is 0 Å². The highest BCUT2D eigenvalue weighted by molar-refractivity contribution is 5.39. The third-order valence-electron chi connectivity index (χ3n) is 4.53. The van der Waals surface area contributed by atoms with Gasteiger partial charge in [0.1, 0.15) is 0 Å². The minimum Gasteiger partial charge on any atom is -0.313 e. The fraction of sp³-hybridized carbons (Fsp3) is 0.625. The lowest BCUT2D eigenvalue weighted by molar-refractivity contribution is 0.540. The Bertz CT molecular complexity index is 413. The van der Waals surface area contributed by atoms with E-state index in [2.05, 4.69) is 44.3 Å². The minimum atomic E-state index is 0.444. The summed E-state index contributed by atoms with van der Waals surface area (Å²) < 4.78 is 0. The molecule has 0 aromatic heterocycles. The summed E-state index contributed by atoms with van der Waals surface area (Å²) >= 11 is 0. The molecule has 0 spiro atoms. The maximum absolute atomic E-state index is 3.73. The summed E-state index contributed by atoms with van der Waals surface area (Å²) in [5.74, 6) is 0.843. The van der Waals surface area contributed by atoms with E-state index < -0.39 is 0 Å². The summed E-state index contributed by atoms with van der Waals surface area (Å²) in [5.41, 5.74) is 4.82. The molecular formula is C16H23N. The summed E-state index contributed by atoms with van der Waals surface area (Å²) in [6.45, 7) is 8.01. The molecule has 2 saturated carbocycles. The van der Waals surface area contributed by atoms with Crippen LogP contribution in [-0.2, 0) is 5.41 Å². The van der Waals surface area contributed by atoms with Crippen LogP contribution in [0.15, 0.2) is 18.2 Å². The summed E-state index contributed by atoms with van der Waals surface area (Å²) in [5, 5.41) is 3.73. The van der Waals surface area contributed by atoms with Gasteiger partial charge in [0.05, 0.1) is 0 Å². The maximum Gasteiger partial charge on any atom is 0.0107 e. The maximum atomic E-state index is 3.73. The molecule has 0 aliphatic heterocycles. The Morgan fingerprint density at radius 1 is 1.18 bits per heavy atom. The molecule has 1 nitrogen and oxygen atoms in total. The van der Waals surface area contributed by atoms with E-state index in [1.807, 2.05) is 0 Å². The molecule has 2 aliphatic rings. The summed E-state index contributed by atoms with van der Waals surface area (Å²) in [6.07, 6.45) is 4.13. The van der Waals surface area contributed by atoms with Gasteiger partial charge in [0, 0.05) is 18.0 Å². The van der Waals surface area contributed by atoms with Gasteiger partial charge in [0.25, 0.3) is 0 Å². The first-order valence-corrected chi connectivity index (χ1v) is 6.92. The van der Waals surface area contributed by atoms with E-state index >= 15 is 0 Å². The predicted octanol–water partition coefficient (Wildman–Crippen LogP) is 3.33. The number of rotatable bonds is 4. The standard InChI is InChI=1S/C16H23N/c1-11-6-12(2)8-14(7-11)16(9-13(16)3)10-17-15-4-5-15/h6-8,13,15,17H,4-5,9-10H2,1-3H3. The van der Waals surface area contributed by atoms with E-state index in [-0.39, 0.29) is 0 Å². The first-order valence-electron chi connectivity index (χ1n) is 6.92. The first kappa shape index (κ1) is 11.3. The predicted molar refractivity (Wildman–Crippen MR) is 72.4 cm³/mol. The number of hydrogen-bond acceptors (Lipinski definition) is 1. The molecule has 0 heterocycles. The van der Waals surface area contributed by atoms with E-state index in [1.54, 1.807) is 5.56 Å². The normalized spacial score (nSPS) is 31.6. The number of nitrogens with one attached hydrogen (secondary N) is 1. The zero-order valence-corrected chi connectivity index (χ0v) is 11.2. The molecule has 2 unspecified atom stereocenters. The van der Waals surface area contributed by atoms with Crippen LogP contribution < -0.4 is 5.32 Å². The SMILES string of the molecule is Cc1cc(C)cc(C2(CNC3CC3)CC2C)c1. The quantitative estimate of drug-likeness (QED) is 0.835. The molecule has 1 heteroatoms. The minimum absolute atomic E-state index is 0.444. The van der Waals surface area contributed by atoms with Crippen molar-refractivity contribution in [3.8, 4) is 0 Å². The second-order valence-corrected chi connectivity index (χ2v) is 6.29. The number of aryl methyl sites for hydroxylation is 2. The molecule has 0 amide bonds. The molecule has 2 fully saturated rings. The molecule has 3 rings (SSSR count). The van der Waals surface area contributed by atoms with Crippen molar-refractivity contribution in [1.82, 2.24) is 5.32 Å². The average Bonchev–Trinajstić information content (AvgIpc) is 3.11. The Morgan fingerprint density at radius 3 is 2.24 bits per heavy atom. The van der Waals surface area contributed by atoms with Crippen LogP contribution in [0.25, 0.3) is 0 Å².